The number of hydrogen-bond acceptors (Lipinski definition) is 0. The van der Waals surface area contributed by atoms with Crippen molar-refractivity contribution in [2.45, 2.75) is 4.46 Å². The molecule has 0 aromatic carbocycles. The van der Waals surface area contributed by atoms with Crippen LogP contribution in [0.5, 0.6) is 0 Å². The summed E-state index contributed by atoms with van der Waals surface area (Å²) < 4.78 is -0.116. The molecule has 0 bridgehead atoms. The molecule has 0 fully saturated rings. The van der Waals surface area contributed by atoms with Crippen LogP contribution in [-0.2, 0) is 0 Å². The lowest BCUT2D eigenvalue weighted by Gasteiger charge is -1.81. The molecule has 0 aliphatic rings. The zero-order valence-electron chi connectivity index (χ0n) is 2.42. The maximum atomic E-state index is 5.24. The average Bonchev–Trinajstić information content (AvgIpc) is 1.38. The van der Waals surface area contributed by atoms with E-state index in [1.165, 1.54) is 0 Å². The van der Waals surface area contributed by atoms with Gasteiger partial charge in [0.1, 0.15) is 12.6 Å². The Morgan fingerprint density at radius 2 is 1.80 bits per heavy atom. The van der Waals surface area contributed by atoms with Crippen LogP contribution in [-0.4, -0.2) is 12.6 Å². The molecule has 0 aliphatic carbocycles. The third-order valence-corrected chi connectivity index (χ3v) is 5.45. The minimum atomic E-state index is -0.308. The van der Waals surface area contributed by atoms with Gasteiger partial charge in [0, 0.05) is 0 Å². The summed E-state index contributed by atoms with van der Waals surface area (Å²) in [7, 11) is -0.308. The molecule has 0 rings (SSSR count). The summed E-state index contributed by atoms with van der Waals surface area (Å²) in [6.07, 6.45) is 0. The van der Waals surface area contributed by atoms with Gasteiger partial charge < -0.3 is 0 Å². The Bertz CT molecular complexity index is 23.6. The molecule has 0 nitrogen and oxygen atoms in total. The van der Waals surface area contributed by atoms with Gasteiger partial charge in [-0.05, 0) is 0 Å². The zero-order chi connectivity index (χ0) is 4.28. The molecule has 0 unspecified atom stereocenters. The first-order valence-electron chi connectivity index (χ1n) is 1.11. The summed E-state index contributed by atoms with van der Waals surface area (Å²) in [5, 5.41) is 0. The summed E-state index contributed by atoms with van der Waals surface area (Å²) in [4.78, 5) is 0. The Balaban J connectivity index is 2.54. The van der Waals surface area contributed by atoms with Crippen LogP contribution in [0.25, 0.3) is 0 Å². The Hall–Kier alpha value is 1.28. The molecule has 0 aromatic rings. The highest BCUT2D eigenvalue weighted by molar-refractivity contribution is 9.23. The maximum absolute atomic E-state index is 5.24. The molecule has 0 amide bonds. The predicted octanol–water partition coefficient (Wildman–Crippen LogP) is 1.23. The van der Waals surface area contributed by atoms with E-state index in [9.17, 15) is 0 Å². The van der Waals surface area contributed by atoms with E-state index in [0.29, 0.717) is 0 Å². The van der Waals surface area contributed by atoms with Crippen LogP contribution in [0.15, 0.2) is 0 Å². The molecule has 0 spiro atoms. The van der Waals surface area contributed by atoms with Crippen LogP contribution in [0.4, 0.5) is 0 Å². The van der Waals surface area contributed by atoms with Gasteiger partial charge in [-0.2, -0.15) is 0 Å². The summed E-state index contributed by atoms with van der Waals surface area (Å²) in [5.74, 6) is 0. The van der Waals surface area contributed by atoms with Crippen molar-refractivity contribution in [1.82, 2.24) is 0 Å². The third kappa shape index (κ3) is 5.28. The van der Waals surface area contributed by atoms with Crippen molar-refractivity contribution in [3.05, 3.63) is 0 Å². The van der Waals surface area contributed by atoms with E-state index in [1.807, 2.05) is 0 Å². The average molecular weight is 194 g/mol. The van der Waals surface area contributed by atoms with Gasteiger partial charge in [0.2, 0.25) is 0 Å². The fourth-order valence-corrected chi connectivity index (χ4v) is 0. The van der Waals surface area contributed by atoms with Gasteiger partial charge >= 0.3 is 0 Å². The predicted molar refractivity (Wildman–Crippen MR) is 33.0 cm³/mol. The highest BCUT2D eigenvalue weighted by Gasteiger charge is 1.89. The SMILES string of the molecule is ClC(Cl)[SiH2]Br. The normalized spacial score (nSPS) is 12.0. The summed E-state index contributed by atoms with van der Waals surface area (Å²) in [5.41, 5.74) is 0. The van der Waals surface area contributed by atoms with Gasteiger partial charge in [0.25, 0.3) is 0 Å². The standard InChI is InChI=1S/CH3BrCl2Si/c2-5-1(3)4/h1H,5H2. The van der Waals surface area contributed by atoms with Crippen molar-refractivity contribution in [1.29, 1.82) is 0 Å². The first-order valence-corrected chi connectivity index (χ1v) is 6.70. The number of halogens is 3. The van der Waals surface area contributed by atoms with Gasteiger partial charge in [-0.15, -0.1) is 38.5 Å². The van der Waals surface area contributed by atoms with Crippen molar-refractivity contribution >= 4 is 46.6 Å². The lowest BCUT2D eigenvalue weighted by atomic mass is 11.9. The molecule has 0 aliphatic heterocycles. The molecule has 0 aromatic heterocycles. The minimum absolute atomic E-state index is 0.116. The fourth-order valence-electron chi connectivity index (χ4n) is 0. The number of alkyl halides is 2. The molecule has 0 saturated heterocycles. The second-order valence-corrected chi connectivity index (χ2v) is 5.93. The smallest absolute Gasteiger partial charge is 0.132 e. The molecule has 0 N–H and O–H groups in total. The first-order chi connectivity index (χ1) is 2.27. The van der Waals surface area contributed by atoms with Gasteiger partial charge in [-0.1, -0.05) is 0 Å². The Labute approximate surface area is 51.2 Å². The van der Waals surface area contributed by atoms with E-state index in [-0.39, 0.29) is 12.6 Å². The zero-order valence-corrected chi connectivity index (χ0v) is 6.93. The minimum Gasteiger partial charge on any atom is -0.132 e. The molecular formula is CH3BrCl2Si. The lowest BCUT2D eigenvalue weighted by Crippen LogP contribution is -1.87. The van der Waals surface area contributed by atoms with Crippen molar-refractivity contribution in [2.75, 3.05) is 0 Å². The topological polar surface area (TPSA) is 0 Å². The van der Waals surface area contributed by atoms with Crippen LogP contribution in [0.1, 0.15) is 0 Å². The van der Waals surface area contributed by atoms with E-state index < -0.39 is 0 Å². The van der Waals surface area contributed by atoms with Crippen LogP contribution in [0, 0.1) is 0 Å². The Morgan fingerprint density at radius 3 is 1.80 bits per heavy atom. The number of hydrogen-bond donors (Lipinski definition) is 0. The molecule has 32 valence electrons. The van der Waals surface area contributed by atoms with Gasteiger partial charge in [0.05, 0.1) is 0 Å². The summed E-state index contributed by atoms with van der Waals surface area (Å²) >= 11 is 13.7. The third-order valence-electron chi connectivity index (χ3n) is 0.117. The molecule has 0 heterocycles. The quantitative estimate of drug-likeness (QED) is 0.334. The van der Waals surface area contributed by atoms with Gasteiger partial charge in [0.15, 0.2) is 0 Å². The largest absolute Gasteiger partial charge is 0.136 e. The van der Waals surface area contributed by atoms with Crippen LogP contribution >= 0.6 is 38.5 Å². The summed E-state index contributed by atoms with van der Waals surface area (Å²) in [6.45, 7) is 0. The Kier molecular flexibility index (Phi) is 4.35. The van der Waals surface area contributed by atoms with E-state index in [1.54, 1.807) is 0 Å². The maximum Gasteiger partial charge on any atom is 0.136 e. The van der Waals surface area contributed by atoms with Gasteiger partial charge in [-0.25, -0.2) is 0 Å². The molecular weight excluding hydrogens is 191 g/mol. The molecule has 0 atom stereocenters. The van der Waals surface area contributed by atoms with Crippen molar-refractivity contribution in [3.63, 3.8) is 0 Å². The van der Waals surface area contributed by atoms with E-state index in [4.69, 9.17) is 23.2 Å². The monoisotopic (exact) mass is 192 g/mol. The van der Waals surface area contributed by atoms with E-state index in [2.05, 4.69) is 15.3 Å². The van der Waals surface area contributed by atoms with Crippen molar-refractivity contribution < 1.29 is 0 Å². The lowest BCUT2D eigenvalue weighted by molar-refractivity contribution is 1.95. The highest BCUT2D eigenvalue weighted by atomic mass is 79.9. The first kappa shape index (κ1) is 6.28. The van der Waals surface area contributed by atoms with Crippen molar-refractivity contribution in [2.24, 2.45) is 0 Å². The van der Waals surface area contributed by atoms with Crippen molar-refractivity contribution in [3.8, 4) is 0 Å². The molecule has 5 heavy (non-hydrogen) atoms. The van der Waals surface area contributed by atoms with Gasteiger partial charge in [-0.3, -0.25) is 0 Å². The van der Waals surface area contributed by atoms with Crippen LogP contribution in [0.3, 0.4) is 0 Å². The van der Waals surface area contributed by atoms with E-state index in [0.717, 1.165) is 0 Å². The highest BCUT2D eigenvalue weighted by Crippen LogP contribution is 2.00. The second-order valence-electron chi connectivity index (χ2n) is 0.545. The second kappa shape index (κ2) is 3.47. The fraction of sp³-hybridized carbons (Fsp3) is 1.00. The molecule has 0 saturated carbocycles. The van der Waals surface area contributed by atoms with E-state index >= 15 is 0 Å². The molecule has 4 heteroatoms. The molecule has 0 radical (unpaired) electrons. The van der Waals surface area contributed by atoms with Crippen LogP contribution < -0.4 is 0 Å². The summed E-state index contributed by atoms with van der Waals surface area (Å²) in [6, 6.07) is 0. The Morgan fingerprint density at radius 1 is 1.60 bits per heavy atom. The van der Waals surface area contributed by atoms with Crippen LogP contribution in [0.2, 0.25) is 0 Å². The number of rotatable bonds is 1.